The van der Waals surface area contributed by atoms with Crippen molar-refractivity contribution in [1.29, 1.82) is 0 Å². The van der Waals surface area contributed by atoms with Crippen LogP contribution in [0.5, 0.6) is 0 Å². The maximum absolute atomic E-state index is 11.4. The number of ether oxygens (including phenoxy) is 1. The Morgan fingerprint density at radius 2 is 1.69 bits per heavy atom. The number of aliphatic hydroxyl groups excluding tert-OH is 1. The molecule has 1 atom stereocenters. The number of β-amino-alcohol motifs (C(OH)–C–C–N with tert-alkyl or cyclic N) is 1. The Bertz CT molecular complexity index is 1020. The third-order valence-corrected chi connectivity index (χ3v) is 5.67. The highest BCUT2D eigenvalue weighted by molar-refractivity contribution is 5.72. The Hall–Kier alpha value is -2.96. The number of methoxy groups -OCH3 is 1. The van der Waals surface area contributed by atoms with Crippen LogP contribution in [0.1, 0.15) is 48.0 Å². The summed E-state index contributed by atoms with van der Waals surface area (Å²) in [6.45, 7) is 8.75. The molecule has 0 radical (unpaired) electrons. The summed E-state index contributed by atoms with van der Waals surface area (Å²) in [6, 6.07) is 16.0. The monoisotopic (exact) mass is 435 g/mol. The molecule has 0 aliphatic rings. The third-order valence-electron chi connectivity index (χ3n) is 5.67. The maximum Gasteiger partial charge on any atom is 0.309 e. The van der Waals surface area contributed by atoms with Gasteiger partial charge in [-0.3, -0.25) is 4.79 Å². The van der Waals surface area contributed by atoms with Gasteiger partial charge in [-0.05, 0) is 63.4 Å². The number of hydrogen-bond acceptors (Lipinski definition) is 5. The van der Waals surface area contributed by atoms with Gasteiger partial charge in [0.05, 0.1) is 19.6 Å². The van der Waals surface area contributed by atoms with Crippen molar-refractivity contribution < 1.29 is 14.6 Å². The number of rotatable bonds is 9. The number of nitrogens with zero attached hydrogens (tertiary/aromatic N) is 2. The van der Waals surface area contributed by atoms with E-state index in [-0.39, 0.29) is 17.9 Å². The number of esters is 1. The summed E-state index contributed by atoms with van der Waals surface area (Å²) in [7, 11) is 1.40. The summed E-state index contributed by atoms with van der Waals surface area (Å²) >= 11 is 0. The highest BCUT2D eigenvalue weighted by Gasteiger charge is 2.20. The molecule has 1 aromatic carbocycles. The first-order chi connectivity index (χ1) is 15.2. The van der Waals surface area contributed by atoms with Crippen molar-refractivity contribution >= 4 is 5.97 Å². The largest absolute Gasteiger partial charge is 0.469 e. The van der Waals surface area contributed by atoms with E-state index in [4.69, 9.17) is 4.74 Å². The van der Waals surface area contributed by atoms with Crippen molar-refractivity contribution in [3.05, 3.63) is 82.8 Å². The fourth-order valence-corrected chi connectivity index (χ4v) is 3.83. The van der Waals surface area contributed by atoms with Crippen LogP contribution in [0.2, 0.25) is 0 Å². The average molecular weight is 436 g/mol. The number of aryl methyl sites for hydroxylation is 2. The van der Waals surface area contributed by atoms with Gasteiger partial charge in [0.2, 0.25) is 0 Å². The van der Waals surface area contributed by atoms with Gasteiger partial charge in [0.1, 0.15) is 5.82 Å². The minimum Gasteiger partial charge on any atom is -0.469 e. The van der Waals surface area contributed by atoms with Gasteiger partial charge in [-0.15, -0.1) is 0 Å². The SMILES string of the molecule is COC(=O)Cc1ccc(CC(C)(C)NCC(O)c2ccc(-n3c(C)ccc3C)nc2)cc1. The molecule has 6 nitrogen and oxygen atoms in total. The molecule has 0 bridgehead atoms. The molecule has 0 aliphatic carbocycles. The summed E-state index contributed by atoms with van der Waals surface area (Å²) in [5, 5.41) is 14.1. The lowest BCUT2D eigenvalue weighted by Crippen LogP contribution is -2.43. The molecule has 3 rings (SSSR count). The summed E-state index contributed by atoms with van der Waals surface area (Å²) in [5.41, 5.74) is 4.93. The second-order valence-electron chi connectivity index (χ2n) is 8.93. The van der Waals surface area contributed by atoms with Gasteiger partial charge in [0.25, 0.3) is 0 Å². The van der Waals surface area contributed by atoms with E-state index in [9.17, 15) is 9.90 Å². The summed E-state index contributed by atoms with van der Waals surface area (Å²) in [4.78, 5) is 16.0. The number of benzene rings is 1. The number of aromatic nitrogens is 2. The fraction of sp³-hybridized carbons (Fsp3) is 0.385. The number of aliphatic hydroxyl groups is 1. The molecule has 6 heteroatoms. The quantitative estimate of drug-likeness (QED) is 0.499. The lowest BCUT2D eigenvalue weighted by molar-refractivity contribution is -0.139. The van der Waals surface area contributed by atoms with Crippen LogP contribution in [0.3, 0.4) is 0 Å². The van der Waals surface area contributed by atoms with Gasteiger partial charge in [0.15, 0.2) is 0 Å². The molecule has 0 spiro atoms. The van der Waals surface area contributed by atoms with Crippen molar-refractivity contribution in [2.24, 2.45) is 0 Å². The average Bonchev–Trinajstić information content (AvgIpc) is 3.11. The standard InChI is InChI=1S/C26H33N3O3/c1-18-6-7-19(2)29(18)24-13-12-22(16-27-24)23(30)17-28-26(3,4)15-21-10-8-20(9-11-21)14-25(31)32-5/h6-13,16,23,28,30H,14-15,17H2,1-5H3. The van der Waals surface area contributed by atoms with Gasteiger partial charge in [-0.2, -0.15) is 0 Å². The highest BCUT2D eigenvalue weighted by Crippen LogP contribution is 2.19. The molecular formula is C26H33N3O3. The Labute approximate surface area is 190 Å². The zero-order valence-corrected chi connectivity index (χ0v) is 19.6. The van der Waals surface area contributed by atoms with Gasteiger partial charge in [-0.25, -0.2) is 4.98 Å². The Balaban J connectivity index is 1.56. The number of pyridine rings is 1. The molecule has 32 heavy (non-hydrogen) atoms. The molecular weight excluding hydrogens is 402 g/mol. The van der Waals surface area contributed by atoms with Crippen LogP contribution in [-0.2, 0) is 22.4 Å². The first kappa shape index (κ1) is 23.7. The molecule has 170 valence electrons. The predicted molar refractivity (Wildman–Crippen MR) is 126 cm³/mol. The number of hydrogen-bond donors (Lipinski definition) is 2. The van der Waals surface area contributed by atoms with Crippen LogP contribution < -0.4 is 5.32 Å². The minimum atomic E-state index is -0.648. The smallest absolute Gasteiger partial charge is 0.309 e. The van der Waals surface area contributed by atoms with Crippen LogP contribution >= 0.6 is 0 Å². The zero-order chi connectivity index (χ0) is 23.3. The number of nitrogens with one attached hydrogen (secondary N) is 1. The van der Waals surface area contributed by atoms with Crippen molar-refractivity contribution in [2.75, 3.05) is 13.7 Å². The molecule has 2 aromatic heterocycles. The highest BCUT2D eigenvalue weighted by atomic mass is 16.5. The van der Waals surface area contributed by atoms with Gasteiger partial charge < -0.3 is 19.7 Å². The van der Waals surface area contributed by atoms with E-state index in [1.54, 1.807) is 6.20 Å². The van der Waals surface area contributed by atoms with Crippen LogP contribution in [-0.4, -0.2) is 39.8 Å². The molecule has 0 saturated carbocycles. The lowest BCUT2D eigenvalue weighted by Gasteiger charge is -2.28. The second kappa shape index (κ2) is 10.1. The van der Waals surface area contributed by atoms with Crippen LogP contribution in [0.25, 0.3) is 5.82 Å². The Kier molecular flexibility index (Phi) is 7.48. The van der Waals surface area contributed by atoms with E-state index in [0.29, 0.717) is 6.54 Å². The predicted octanol–water partition coefficient (Wildman–Crippen LogP) is 3.85. The molecule has 0 amide bonds. The molecule has 2 N–H and O–H groups in total. The van der Waals surface area contributed by atoms with Crippen molar-refractivity contribution in [3.63, 3.8) is 0 Å². The van der Waals surface area contributed by atoms with E-state index in [1.165, 1.54) is 7.11 Å². The number of carbonyl (C=O) groups excluding carboxylic acids is 1. The van der Waals surface area contributed by atoms with Gasteiger partial charge >= 0.3 is 5.97 Å². The first-order valence-electron chi connectivity index (χ1n) is 10.9. The van der Waals surface area contributed by atoms with E-state index >= 15 is 0 Å². The topological polar surface area (TPSA) is 76.4 Å². The molecule has 3 aromatic rings. The van der Waals surface area contributed by atoms with E-state index in [1.807, 2.05) is 36.4 Å². The summed E-state index contributed by atoms with van der Waals surface area (Å²) in [5.74, 6) is 0.611. The van der Waals surface area contributed by atoms with Crippen molar-refractivity contribution in [3.8, 4) is 5.82 Å². The van der Waals surface area contributed by atoms with Gasteiger partial charge in [-0.1, -0.05) is 30.3 Å². The molecule has 0 aliphatic heterocycles. The van der Waals surface area contributed by atoms with Crippen LogP contribution in [0.4, 0.5) is 0 Å². The molecule has 1 unspecified atom stereocenters. The first-order valence-corrected chi connectivity index (χ1v) is 10.9. The van der Waals surface area contributed by atoms with Crippen molar-refractivity contribution in [2.45, 2.75) is 52.2 Å². The third kappa shape index (κ3) is 6.05. The summed E-state index contributed by atoms with van der Waals surface area (Å²) in [6.07, 6.45) is 2.17. The fourth-order valence-electron chi connectivity index (χ4n) is 3.83. The normalized spacial score (nSPS) is 12.6. The van der Waals surface area contributed by atoms with Crippen LogP contribution in [0.15, 0.2) is 54.7 Å². The maximum atomic E-state index is 11.4. The van der Waals surface area contributed by atoms with Crippen LogP contribution in [0, 0.1) is 13.8 Å². The van der Waals surface area contributed by atoms with Gasteiger partial charge in [0, 0.05) is 35.2 Å². The number of carbonyl (C=O) groups is 1. The Morgan fingerprint density at radius 1 is 1.06 bits per heavy atom. The molecule has 0 saturated heterocycles. The lowest BCUT2D eigenvalue weighted by atomic mass is 9.93. The van der Waals surface area contributed by atoms with E-state index in [2.05, 4.69) is 54.7 Å². The van der Waals surface area contributed by atoms with E-state index < -0.39 is 6.10 Å². The summed E-state index contributed by atoms with van der Waals surface area (Å²) < 4.78 is 6.80. The van der Waals surface area contributed by atoms with Crippen molar-refractivity contribution in [1.82, 2.24) is 14.9 Å². The zero-order valence-electron chi connectivity index (χ0n) is 19.6. The minimum absolute atomic E-state index is 0.211. The second-order valence-corrected chi connectivity index (χ2v) is 8.93. The molecule has 0 fully saturated rings. The van der Waals surface area contributed by atoms with E-state index in [0.717, 1.165) is 40.3 Å². The Morgan fingerprint density at radius 3 is 2.25 bits per heavy atom. The molecule has 2 heterocycles.